The smallest absolute Gasteiger partial charge is 0.331 e. The highest BCUT2D eigenvalue weighted by Crippen LogP contribution is 2.32. The molecule has 12 heteroatoms. The zero-order valence-electron chi connectivity index (χ0n) is 17.3. The molecule has 170 valence electrons. The van der Waals surface area contributed by atoms with E-state index in [4.69, 9.17) is 16.3 Å². The molecule has 0 unspecified atom stereocenters. The van der Waals surface area contributed by atoms with E-state index >= 15 is 0 Å². The largest absolute Gasteiger partial charge is 0.423 e. The highest BCUT2D eigenvalue weighted by molar-refractivity contribution is 7.92. The minimum absolute atomic E-state index is 0.0207. The molecule has 4 rings (SSSR count). The zero-order valence-corrected chi connectivity index (χ0v) is 18.9. The first kappa shape index (κ1) is 22.5. The van der Waals surface area contributed by atoms with Crippen molar-refractivity contribution in [3.05, 3.63) is 65.3 Å². The molecule has 0 aliphatic carbocycles. The molecular weight excluding hydrogens is 470 g/mol. The minimum atomic E-state index is -3.91. The van der Waals surface area contributed by atoms with E-state index in [9.17, 15) is 18.0 Å². The average molecular weight is 488 g/mol. The number of hydrogen-bond donors (Lipinski definition) is 2. The molecule has 1 aromatic heterocycles. The number of rotatable bonds is 6. The number of benzene rings is 2. The summed E-state index contributed by atoms with van der Waals surface area (Å²) in [6.07, 6.45) is 0. The van der Waals surface area contributed by atoms with E-state index in [-0.39, 0.29) is 34.9 Å². The first-order valence-corrected chi connectivity index (χ1v) is 11.5. The van der Waals surface area contributed by atoms with Gasteiger partial charge in [0.15, 0.2) is 16.7 Å². The van der Waals surface area contributed by atoms with E-state index < -0.39 is 16.0 Å². The Balaban J connectivity index is 1.42. The Kier molecular flexibility index (Phi) is 6.16. The molecule has 0 saturated heterocycles. The van der Waals surface area contributed by atoms with Crippen LogP contribution in [0.15, 0.2) is 59.5 Å². The lowest BCUT2D eigenvalue weighted by Crippen LogP contribution is -2.41. The van der Waals surface area contributed by atoms with Gasteiger partial charge < -0.3 is 15.0 Å². The van der Waals surface area contributed by atoms with Crippen molar-refractivity contribution < 1.29 is 22.7 Å². The van der Waals surface area contributed by atoms with Gasteiger partial charge in [0.05, 0.1) is 17.1 Å². The summed E-state index contributed by atoms with van der Waals surface area (Å²) in [6, 6.07) is 13.8. The maximum Gasteiger partial charge on any atom is 0.331 e. The number of hydrogen-bond acceptors (Lipinski definition) is 8. The summed E-state index contributed by atoms with van der Waals surface area (Å²) >= 11 is 5.65. The molecule has 2 aromatic carbocycles. The van der Waals surface area contributed by atoms with E-state index in [0.29, 0.717) is 17.1 Å². The predicted octanol–water partition coefficient (Wildman–Crippen LogP) is 2.60. The molecule has 33 heavy (non-hydrogen) atoms. The molecule has 0 saturated carbocycles. The van der Waals surface area contributed by atoms with Gasteiger partial charge >= 0.3 is 5.97 Å². The highest BCUT2D eigenvalue weighted by atomic mass is 35.5. The Hall–Kier alpha value is -3.70. The molecule has 1 aliphatic heterocycles. The third kappa shape index (κ3) is 5.38. The van der Waals surface area contributed by atoms with Gasteiger partial charge in [-0.3, -0.25) is 9.52 Å². The summed E-state index contributed by atoms with van der Waals surface area (Å²) in [7, 11) is -3.91. The van der Waals surface area contributed by atoms with Crippen LogP contribution in [0.2, 0.25) is 5.15 Å². The number of carbonyl (C=O) groups is 2. The summed E-state index contributed by atoms with van der Waals surface area (Å²) in [5.41, 5.74) is 2.02. The van der Waals surface area contributed by atoms with Gasteiger partial charge in [0.25, 0.3) is 10.0 Å². The number of anilines is 3. The fourth-order valence-corrected chi connectivity index (χ4v) is 4.25. The Morgan fingerprint density at radius 3 is 2.58 bits per heavy atom. The number of halogens is 1. The van der Waals surface area contributed by atoms with Gasteiger partial charge in [0, 0.05) is 5.69 Å². The number of nitrogens with one attached hydrogen (secondary N) is 2. The van der Waals surface area contributed by atoms with Crippen molar-refractivity contribution in [2.75, 3.05) is 28.0 Å². The monoisotopic (exact) mass is 487 g/mol. The fourth-order valence-electron chi connectivity index (χ4n) is 3.16. The van der Waals surface area contributed by atoms with Crippen molar-refractivity contribution in [3.63, 3.8) is 0 Å². The molecule has 0 bridgehead atoms. The van der Waals surface area contributed by atoms with Gasteiger partial charge in [-0.2, -0.15) is 0 Å². The Morgan fingerprint density at radius 2 is 1.88 bits per heavy atom. The third-order valence-electron chi connectivity index (χ3n) is 4.65. The van der Waals surface area contributed by atoms with Crippen LogP contribution in [0.1, 0.15) is 5.56 Å². The van der Waals surface area contributed by atoms with Crippen LogP contribution in [0.3, 0.4) is 0 Å². The number of fused-ring (bicyclic) bond motifs is 1. The molecule has 2 heterocycles. The van der Waals surface area contributed by atoms with Crippen LogP contribution in [0.25, 0.3) is 0 Å². The summed E-state index contributed by atoms with van der Waals surface area (Å²) in [4.78, 5) is 26.0. The number of sulfonamides is 1. The summed E-state index contributed by atoms with van der Waals surface area (Å²) in [5.74, 6) is -0.404. The van der Waals surface area contributed by atoms with Crippen molar-refractivity contribution in [1.29, 1.82) is 0 Å². The summed E-state index contributed by atoms with van der Waals surface area (Å²) in [6.45, 7) is 1.77. The van der Waals surface area contributed by atoms with Gasteiger partial charge in [0.1, 0.15) is 6.54 Å². The highest BCUT2D eigenvalue weighted by Gasteiger charge is 2.26. The molecule has 10 nitrogen and oxygen atoms in total. The molecule has 1 aliphatic rings. The Labute approximate surface area is 194 Å². The Bertz CT molecular complexity index is 1310. The number of ether oxygens (including phenoxy) is 1. The van der Waals surface area contributed by atoms with E-state index in [1.807, 2.05) is 19.1 Å². The van der Waals surface area contributed by atoms with Crippen LogP contribution in [-0.4, -0.2) is 43.6 Å². The van der Waals surface area contributed by atoms with Gasteiger partial charge in [0.2, 0.25) is 5.91 Å². The van der Waals surface area contributed by atoms with Crippen molar-refractivity contribution in [2.24, 2.45) is 0 Å². The van der Waals surface area contributed by atoms with Crippen molar-refractivity contribution in [1.82, 2.24) is 10.2 Å². The maximum absolute atomic E-state index is 12.6. The van der Waals surface area contributed by atoms with Crippen LogP contribution in [0.5, 0.6) is 5.75 Å². The summed E-state index contributed by atoms with van der Waals surface area (Å²) in [5, 5.41) is 10.1. The van der Waals surface area contributed by atoms with E-state index in [2.05, 4.69) is 20.2 Å². The molecule has 3 aromatic rings. The van der Waals surface area contributed by atoms with Crippen LogP contribution in [0, 0.1) is 6.92 Å². The topological polar surface area (TPSA) is 131 Å². The van der Waals surface area contributed by atoms with E-state index in [1.165, 1.54) is 36.4 Å². The first-order valence-electron chi connectivity index (χ1n) is 9.68. The van der Waals surface area contributed by atoms with Crippen molar-refractivity contribution >= 4 is 50.7 Å². The van der Waals surface area contributed by atoms with Crippen LogP contribution < -0.4 is 19.7 Å². The lowest BCUT2D eigenvalue weighted by Gasteiger charge is -2.29. The lowest BCUT2D eigenvalue weighted by atomic mass is 10.1. The summed E-state index contributed by atoms with van der Waals surface area (Å²) < 4.78 is 32.5. The van der Waals surface area contributed by atoms with Gasteiger partial charge in [-0.05, 0) is 61.0 Å². The SMILES string of the molecule is Cc1ccc2c(c1)N(CC(=O)Nc1ccc(S(=O)(=O)Nc3ccc(Cl)nn3)cc1)CC(=O)O2. The number of carbonyl (C=O) groups excluding carboxylic acids is 2. The molecule has 0 fully saturated rings. The predicted molar refractivity (Wildman–Crippen MR) is 122 cm³/mol. The molecule has 0 radical (unpaired) electrons. The van der Waals surface area contributed by atoms with Crippen molar-refractivity contribution in [3.8, 4) is 5.75 Å². The van der Waals surface area contributed by atoms with Crippen LogP contribution >= 0.6 is 11.6 Å². The number of nitrogens with zero attached hydrogens (tertiary/aromatic N) is 3. The first-order chi connectivity index (χ1) is 15.7. The second-order valence-electron chi connectivity index (χ2n) is 7.22. The molecule has 1 amide bonds. The number of esters is 1. The van der Waals surface area contributed by atoms with Gasteiger partial charge in [-0.25, -0.2) is 13.2 Å². The second-order valence-corrected chi connectivity index (χ2v) is 9.29. The average Bonchev–Trinajstić information content (AvgIpc) is 2.76. The van der Waals surface area contributed by atoms with Gasteiger partial charge in [-0.1, -0.05) is 17.7 Å². The zero-order chi connectivity index (χ0) is 23.6. The molecular formula is C21H18ClN5O5S. The van der Waals surface area contributed by atoms with Crippen LogP contribution in [0.4, 0.5) is 17.2 Å². The quantitative estimate of drug-likeness (QED) is 0.400. The normalized spacial score (nSPS) is 13.2. The molecule has 0 atom stereocenters. The Morgan fingerprint density at radius 1 is 1.12 bits per heavy atom. The standard InChI is InChI=1S/C21H18ClN5O5S/c1-13-2-7-17-16(10-13)27(12-21(29)32-17)11-20(28)23-14-3-5-15(6-4-14)33(30,31)26-19-9-8-18(22)24-25-19/h2-10H,11-12H2,1H3,(H,23,28)(H,25,26). The van der Waals surface area contributed by atoms with Gasteiger partial charge in [-0.15, -0.1) is 10.2 Å². The number of aromatic nitrogens is 2. The maximum atomic E-state index is 12.6. The third-order valence-corrected chi connectivity index (χ3v) is 6.22. The minimum Gasteiger partial charge on any atom is -0.423 e. The van der Waals surface area contributed by atoms with Crippen molar-refractivity contribution in [2.45, 2.75) is 11.8 Å². The van der Waals surface area contributed by atoms with Crippen LogP contribution in [-0.2, 0) is 19.6 Å². The fraction of sp³-hybridized carbons (Fsp3) is 0.143. The molecule has 2 N–H and O–H groups in total. The van der Waals surface area contributed by atoms with E-state index in [1.54, 1.807) is 11.0 Å². The number of aryl methyl sites for hydroxylation is 1. The molecule has 0 spiro atoms. The van der Waals surface area contributed by atoms with E-state index in [0.717, 1.165) is 5.56 Å². The lowest BCUT2D eigenvalue weighted by molar-refractivity contribution is -0.133. The number of amides is 1. The second kappa shape index (κ2) is 9.04.